The Kier molecular flexibility index (Phi) is 5.62. The molecule has 2 atom stereocenters. The van der Waals surface area contributed by atoms with Crippen LogP contribution in [0.15, 0.2) is 59.6 Å². The Hall–Kier alpha value is -2.40. The minimum atomic E-state index is 0.202. The maximum absolute atomic E-state index is 12.9. The van der Waals surface area contributed by atoms with E-state index in [1.54, 1.807) is 0 Å². The summed E-state index contributed by atoms with van der Waals surface area (Å²) >= 11 is 1.52. The van der Waals surface area contributed by atoms with Gasteiger partial charge in [-0.25, -0.2) is 9.97 Å². The summed E-state index contributed by atoms with van der Waals surface area (Å²) in [5.41, 5.74) is 1.89. The van der Waals surface area contributed by atoms with Gasteiger partial charge in [-0.3, -0.25) is 4.79 Å². The fourth-order valence-corrected chi connectivity index (χ4v) is 4.88. The van der Waals surface area contributed by atoms with Crippen molar-refractivity contribution in [2.75, 3.05) is 5.75 Å². The van der Waals surface area contributed by atoms with E-state index >= 15 is 0 Å². The van der Waals surface area contributed by atoms with Gasteiger partial charge in [-0.15, -0.1) is 0 Å². The highest BCUT2D eigenvalue weighted by Gasteiger charge is 2.28. The van der Waals surface area contributed by atoms with E-state index in [-0.39, 0.29) is 5.91 Å². The van der Waals surface area contributed by atoms with Crippen LogP contribution < -0.4 is 0 Å². The standard InChI is InChI=1S/C23H25N3OS/c1-16-9-8-10-17(2)26(16)21(27)15-28-23-19-13-6-7-14-20(19)24-22(25-23)18-11-4-3-5-12-18/h3-7,11-14,16-17H,8-10,15H2,1-2H3/t16-,17-/m1/s1. The number of fused-ring (bicyclic) bond motifs is 1. The summed E-state index contributed by atoms with van der Waals surface area (Å²) < 4.78 is 0. The summed E-state index contributed by atoms with van der Waals surface area (Å²) in [6.07, 6.45) is 3.39. The van der Waals surface area contributed by atoms with Gasteiger partial charge in [0, 0.05) is 23.0 Å². The van der Waals surface area contributed by atoms with Gasteiger partial charge >= 0.3 is 0 Å². The Balaban J connectivity index is 1.62. The van der Waals surface area contributed by atoms with Crippen molar-refractivity contribution in [3.8, 4) is 11.4 Å². The number of carbonyl (C=O) groups excluding carboxylic acids is 1. The predicted octanol–water partition coefficient (Wildman–Crippen LogP) is 5.18. The minimum absolute atomic E-state index is 0.202. The zero-order chi connectivity index (χ0) is 19.5. The van der Waals surface area contributed by atoms with Crippen LogP contribution in [0.2, 0.25) is 0 Å². The fraction of sp³-hybridized carbons (Fsp3) is 0.348. The average Bonchev–Trinajstić information content (AvgIpc) is 2.72. The third-order valence-electron chi connectivity index (χ3n) is 5.41. The molecule has 4 nitrogen and oxygen atoms in total. The van der Waals surface area contributed by atoms with Crippen LogP contribution in [-0.2, 0) is 4.79 Å². The largest absolute Gasteiger partial charge is 0.337 e. The molecule has 4 rings (SSSR count). The highest BCUT2D eigenvalue weighted by molar-refractivity contribution is 8.00. The molecule has 1 aliphatic rings. The number of hydrogen-bond donors (Lipinski definition) is 0. The average molecular weight is 392 g/mol. The van der Waals surface area contributed by atoms with Crippen molar-refractivity contribution in [3.05, 3.63) is 54.6 Å². The molecule has 1 aliphatic heterocycles. The number of nitrogens with zero attached hydrogens (tertiary/aromatic N) is 3. The lowest BCUT2D eigenvalue weighted by molar-refractivity contribution is -0.134. The van der Waals surface area contributed by atoms with E-state index < -0.39 is 0 Å². The molecule has 2 aromatic carbocycles. The molecule has 2 heterocycles. The van der Waals surface area contributed by atoms with Crippen molar-refractivity contribution in [2.45, 2.75) is 50.2 Å². The number of para-hydroxylation sites is 1. The van der Waals surface area contributed by atoms with Crippen LogP contribution in [0.3, 0.4) is 0 Å². The number of likely N-dealkylation sites (tertiary alicyclic amines) is 1. The first-order chi connectivity index (χ1) is 13.6. The maximum Gasteiger partial charge on any atom is 0.233 e. The van der Waals surface area contributed by atoms with Crippen LogP contribution >= 0.6 is 11.8 Å². The Morgan fingerprint density at radius 3 is 2.43 bits per heavy atom. The van der Waals surface area contributed by atoms with Crippen molar-refractivity contribution in [3.63, 3.8) is 0 Å². The van der Waals surface area contributed by atoms with Crippen LogP contribution in [0.4, 0.5) is 0 Å². The first-order valence-electron chi connectivity index (χ1n) is 9.89. The molecule has 0 N–H and O–H groups in total. The first-order valence-corrected chi connectivity index (χ1v) is 10.9. The van der Waals surface area contributed by atoms with E-state index in [1.165, 1.54) is 18.2 Å². The number of rotatable bonds is 4. The van der Waals surface area contributed by atoms with Crippen LogP contribution in [0.5, 0.6) is 0 Å². The van der Waals surface area contributed by atoms with Gasteiger partial charge in [0.05, 0.1) is 11.3 Å². The molecule has 5 heteroatoms. The lowest BCUT2D eigenvalue weighted by Crippen LogP contribution is -2.48. The SMILES string of the molecule is C[C@@H]1CCC[C@@H](C)N1C(=O)CSc1nc(-c2ccccc2)nc2ccccc12. The molecule has 1 saturated heterocycles. The summed E-state index contributed by atoms with van der Waals surface area (Å²) in [7, 11) is 0. The van der Waals surface area contributed by atoms with E-state index in [2.05, 4.69) is 18.7 Å². The highest BCUT2D eigenvalue weighted by atomic mass is 32.2. The van der Waals surface area contributed by atoms with E-state index in [1.807, 2.05) is 54.6 Å². The van der Waals surface area contributed by atoms with Gasteiger partial charge in [-0.05, 0) is 39.2 Å². The molecular weight excluding hydrogens is 366 g/mol. The summed E-state index contributed by atoms with van der Waals surface area (Å²) in [6, 6.07) is 18.6. The molecule has 144 valence electrons. The van der Waals surface area contributed by atoms with Gasteiger partial charge in [-0.2, -0.15) is 0 Å². The third kappa shape index (κ3) is 3.90. The fourth-order valence-electron chi connectivity index (χ4n) is 3.99. The number of hydrogen-bond acceptors (Lipinski definition) is 4. The Morgan fingerprint density at radius 2 is 1.68 bits per heavy atom. The quantitative estimate of drug-likeness (QED) is 0.454. The smallest absolute Gasteiger partial charge is 0.233 e. The first kappa shape index (κ1) is 18.9. The van der Waals surface area contributed by atoms with Crippen LogP contribution in [0, 0.1) is 0 Å². The van der Waals surface area contributed by atoms with Crippen molar-refractivity contribution in [1.29, 1.82) is 0 Å². The normalized spacial score (nSPS) is 19.7. The number of piperidine rings is 1. The monoisotopic (exact) mass is 391 g/mol. The molecule has 0 unspecified atom stereocenters. The number of thioether (sulfide) groups is 1. The van der Waals surface area contributed by atoms with Gasteiger partial charge in [-0.1, -0.05) is 60.3 Å². The lowest BCUT2D eigenvalue weighted by Gasteiger charge is -2.39. The number of carbonyl (C=O) groups is 1. The Morgan fingerprint density at radius 1 is 1.00 bits per heavy atom. The van der Waals surface area contributed by atoms with Crippen molar-refractivity contribution >= 4 is 28.6 Å². The molecular formula is C23H25N3OS. The van der Waals surface area contributed by atoms with E-state index in [0.29, 0.717) is 23.7 Å². The summed E-state index contributed by atoms with van der Waals surface area (Å²) in [5, 5.41) is 1.87. The molecule has 0 radical (unpaired) electrons. The van der Waals surface area contributed by atoms with Gasteiger partial charge < -0.3 is 4.90 Å². The highest BCUT2D eigenvalue weighted by Crippen LogP contribution is 2.30. The van der Waals surface area contributed by atoms with Gasteiger partial charge in [0.1, 0.15) is 5.03 Å². The molecule has 0 spiro atoms. The van der Waals surface area contributed by atoms with Gasteiger partial charge in [0.2, 0.25) is 5.91 Å². The van der Waals surface area contributed by atoms with Crippen molar-refractivity contribution < 1.29 is 4.79 Å². The molecule has 3 aromatic rings. The summed E-state index contributed by atoms with van der Waals surface area (Å²) in [6.45, 7) is 4.32. The molecule has 1 fully saturated rings. The number of amides is 1. The maximum atomic E-state index is 12.9. The molecule has 0 saturated carbocycles. The van der Waals surface area contributed by atoms with Gasteiger partial charge in [0.15, 0.2) is 5.82 Å². The molecule has 0 bridgehead atoms. The zero-order valence-corrected chi connectivity index (χ0v) is 17.2. The second-order valence-electron chi connectivity index (χ2n) is 7.45. The molecule has 1 amide bonds. The van der Waals surface area contributed by atoms with Crippen molar-refractivity contribution in [1.82, 2.24) is 14.9 Å². The minimum Gasteiger partial charge on any atom is -0.337 e. The van der Waals surface area contributed by atoms with Gasteiger partial charge in [0.25, 0.3) is 0 Å². The number of aromatic nitrogens is 2. The topological polar surface area (TPSA) is 46.1 Å². The molecule has 28 heavy (non-hydrogen) atoms. The molecule has 1 aromatic heterocycles. The van der Waals surface area contributed by atoms with E-state index in [9.17, 15) is 4.79 Å². The van der Waals surface area contributed by atoms with Crippen molar-refractivity contribution in [2.24, 2.45) is 0 Å². The summed E-state index contributed by atoms with van der Waals surface area (Å²) in [5.74, 6) is 1.31. The summed E-state index contributed by atoms with van der Waals surface area (Å²) in [4.78, 5) is 24.5. The molecule has 0 aliphatic carbocycles. The van der Waals surface area contributed by atoms with E-state index in [4.69, 9.17) is 9.97 Å². The lowest BCUT2D eigenvalue weighted by atomic mass is 9.98. The third-order valence-corrected chi connectivity index (χ3v) is 6.39. The van der Waals surface area contributed by atoms with Crippen LogP contribution in [0.25, 0.3) is 22.3 Å². The Bertz CT molecular complexity index is 966. The predicted molar refractivity (Wildman–Crippen MR) is 115 cm³/mol. The van der Waals surface area contributed by atoms with Crippen LogP contribution in [0.1, 0.15) is 33.1 Å². The van der Waals surface area contributed by atoms with E-state index in [0.717, 1.165) is 34.3 Å². The second-order valence-corrected chi connectivity index (χ2v) is 8.42. The Labute approximate surface area is 170 Å². The number of benzene rings is 2. The second kappa shape index (κ2) is 8.31. The van der Waals surface area contributed by atoms with Crippen LogP contribution in [-0.4, -0.2) is 38.6 Å². The zero-order valence-electron chi connectivity index (χ0n) is 16.3.